The molecule has 158 valence electrons. The minimum atomic E-state index is -3.64. The lowest BCUT2D eigenvalue weighted by molar-refractivity contribution is 0.353. The Morgan fingerprint density at radius 1 is 0.966 bits per heavy atom. The number of halogens is 1. The highest BCUT2D eigenvalue weighted by Crippen LogP contribution is 2.37. The van der Waals surface area contributed by atoms with Gasteiger partial charge in [-0.2, -0.15) is 4.31 Å². The highest BCUT2D eigenvalue weighted by atomic mass is 35.5. The molecule has 2 aromatic rings. The molecule has 0 amide bonds. The van der Waals surface area contributed by atoms with Gasteiger partial charge in [-0.1, -0.05) is 12.1 Å². The minimum Gasteiger partial charge on any atom is -0.493 e. The zero-order valence-corrected chi connectivity index (χ0v) is 18.2. The summed E-state index contributed by atoms with van der Waals surface area (Å²) in [6.07, 6.45) is 0. The van der Waals surface area contributed by atoms with Crippen molar-refractivity contribution in [3.05, 3.63) is 47.5 Å². The van der Waals surface area contributed by atoms with Gasteiger partial charge in [0.05, 0.1) is 19.1 Å². The molecule has 0 unspecified atom stereocenters. The minimum absolute atomic E-state index is 0. The summed E-state index contributed by atoms with van der Waals surface area (Å²) in [6, 6.07) is 10.8. The van der Waals surface area contributed by atoms with E-state index in [2.05, 4.69) is 16.3 Å². The maximum atomic E-state index is 13.3. The highest BCUT2D eigenvalue weighted by Gasteiger charge is 2.33. The molecule has 29 heavy (non-hydrogen) atoms. The van der Waals surface area contributed by atoms with Gasteiger partial charge in [-0.15, -0.1) is 12.4 Å². The van der Waals surface area contributed by atoms with Crippen LogP contribution < -0.4 is 19.7 Å². The van der Waals surface area contributed by atoms with E-state index < -0.39 is 10.0 Å². The van der Waals surface area contributed by atoms with Crippen molar-refractivity contribution >= 4 is 28.1 Å². The van der Waals surface area contributed by atoms with E-state index in [1.807, 2.05) is 12.1 Å². The highest BCUT2D eigenvalue weighted by molar-refractivity contribution is 7.89. The number of rotatable bonds is 5. The molecule has 0 atom stereocenters. The molecule has 0 aromatic heterocycles. The molecule has 0 aliphatic carbocycles. The second-order valence-electron chi connectivity index (χ2n) is 6.94. The molecule has 1 fully saturated rings. The smallest absolute Gasteiger partial charge is 0.243 e. The molecule has 0 spiro atoms. The summed E-state index contributed by atoms with van der Waals surface area (Å²) < 4.78 is 38.6. The largest absolute Gasteiger partial charge is 0.493 e. The Labute approximate surface area is 178 Å². The van der Waals surface area contributed by atoms with Gasteiger partial charge >= 0.3 is 0 Å². The third-order valence-corrected chi connectivity index (χ3v) is 7.17. The summed E-state index contributed by atoms with van der Waals surface area (Å²) in [5.74, 6) is 0.911. The van der Waals surface area contributed by atoms with Gasteiger partial charge in [-0.3, -0.25) is 0 Å². The molecule has 7 nitrogen and oxygen atoms in total. The quantitative estimate of drug-likeness (QED) is 0.770. The number of sulfonamides is 1. The molecule has 1 saturated heterocycles. The number of nitrogens with one attached hydrogen (secondary N) is 1. The van der Waals surface area contributed by atoms with E-state index in [-0.39, 0.29) is 17.3 Å². The van der Waals surface area contributed by atoms with Gasteiger partial charge in [0.15, 0.2) is 11.5 Å². The maximum Gasteiger partial charge on any atom is 0.243 e. The molecule has 1 N–H and O–H groups in total. The van der Waals surface area contributed by atoms with E-state index in [4.69, 9.17) is 9.47 Å². The van der Waals surface area contributed by atoms with Crippen molar-refractivity contribution in [1.29, 1.82) is 0 Å². The van der Waals surface area contributed by atoms with E-state index in [1.165, 1.54) is 24.6 Å². The molecule has 0 radical (unpaired) electrons. The first-order valence-electron chi connectivity index (χ1n) is 9.33. The monoisotopic (exact) mass is 439 g/mol. The van der Waals surface area contributed by atoms with E-state index in [9.17, 15) is 8.42 Å². The lowest BCUT2D eigenvalue weighted by Gasteiger charge is -2.31. The molecule has 4 rings (SSSR count). The van der Waals surface area contributed by atoms with Gasteiger partial charge in [0.25, 0.3) is 0 Å². The van der Waals surface area contributed by atoms with Crippen LogP contribution in [0.25, 0.3) is 0 Å². The van der Waals surface area contributed by atoms with Crippen molar-refractivity contribution < 1.29 is 17.9 Å². The fraction of sp³-hybridized carbons (Fsp3) is 0.400. The number of methoxy groups -OCH3 is 2. The summed E-state index contributed by atoms with van der Waals surface area (Å²) in [5, 5.41) is 3.36. The summed E-state index contributed by atoms with van der Waals surface area (Å²) in [6.45, 7) is 4.50. The molecule has 2 aliphatic heterocycles. The lowest BCUT2D eigenvalue weighted by atomic mass is 10.1. The normalized spacial score (nSPS) is 16.8. The number of hydrogen-bond donors (Lipinski definition) is 1. The van der Waals surface area contributed by atoms with Gasteiger partial charge in [-0.05, 0) is 29.3 Å². The molecule has 2 aliphatic rings. The Morgan fingerprint density at radius 3 is 2.38 bits per heavy atom. The Bertz CT molecular complexity index is 978. The molecule has 2 heterocycles. The Hall–Kier alpha value is -2.00. The predicted molar refractivity (Wildman–Crippen MR) is 115 cm³/mol. The van der Waals surface area contributed by atoms with Crippen LogP contribution in [-0.4, -0.2) is 53.1 Å². The molecular weight excluding hydrogens is 414 g/mol. The number of benzene rings is 2. The maximum absolute atomic E-state index is 13.3. The fourth-order valence-corrected chi connectivity index (χ4v) is 5.27. The van der Waals surface area contributed by atoms with Crippen LogP contribution in [0.5, 0.6) is 11.5 Å². The Kier molecular flexibility index (Phi) is 6.58. The van der Waals surface area contributed by atoms with Gasteiger partial charge < -0.3 is 19.7 Å². The van der Waals surface area contributed by atoms with Crippen molar-refractivity contribution in [1.82, 2.24) is 9.62 Å². The van der Waals surface area contributed by atoms with Crippen molar-refractivity contribution in [3.63, 3.8) is 0 Å². The van der Waals surface area contributed by atoms with Crippen molar-refractivity contribution in [2.45, 2.75) is 18.0 Å². The number of piperazine rings is 1. The zero-order chi connectivity index (χ0) is 19.7. The van der Waals surface area contributed by atoms with Gasteiger partial charge in [0.1, 0.15) is 0 Å². The number of ether oxygens (including phenoxy) is 2. The van der Waals surface area contributed by atoms with Crippen molar-refractivity contribution in [2.75, 3.05) is 45.3 Å². The van der Waals surface area contributed by atoms with Crippen LogP contribution >= 0.6 is 12.4 Å². The summed E-state index contributed by atoms with van der Waals surface area (Å²) in [7, 11) is -0.616. The van der Waals surface area contributed by atoms with E-state index in [0.717, 1.165) is 43.0 Å². The van der Waals surface area contributed by atoms with Crippen LogP contribution in [0.4, 0.5) is 5.69 Å². The number of anilines is 1. The van der Waals surface area contributed by atoms with Gasteiger partial charge in [0.2, 0.25) is 10.0 Å². The molecular formula is C20H26ClN3O4S. The standard InChI is InChI=1S/C20H25N3O4S.ClH/c1-26-19-7-6-16(12-20(19)27-2)28(24,25)23-13-15-4-3-5-18(17(15)14-23)22-10-8-21-9-11-22;/h3-7,12,21H,8-11,13-14H2,1-2H3;1H. The molecule has 9 heteroatoms. The van der Waals surface area contributed by atoms with Crippen LogP contribution in [0.15, 0.2) is 41.3 Å². The Balaban J connectivity index is 0.00000240. The van der Waals surface area contributed by atoms with Crippen LogP contribution in [0.1, 0.15) is 11.1 Å². The lowest BCUT2D eigenvalue weighted by Crippen LogP contribution is -2.43. The Morgan fingerprint density at radius 2 is 1.69 bits per heavy atom. The number of hydrogen-bond acceptors (Lipinski definition) is 6. The van der Waals surface area contributed by atoms with Gasteiger partial charge in [0, 0.05) is 51.0 Å². The van der Waals surface area contributed by atoms with Crippen LogP contribution in [0.3, 0.4) is 0 Å². The van der Waals surface area contributed by atoms with Crippen molar-refractivity contribution in [3.8, 4) is 11.5 Å². The third kappa shape index (κ3) is 4.02. The topological polar surface area (TPSA) is 71.1 Å². The molecule has 2 aromatic carbocycles. The molecule has 0 saturated carbocycles. The van der Waals surface area contributed by atoms with Crippen molar-refractivity contribution in [2.24, 2.45) is 0 Å². The predicted octanol–water partition coefficient (Wildman–Crippen LogP) is 2.24. The van der Waals surface area contributed by atoms with Crippen LogP contribution in [0.2, 0.25) is 0 Å². The first-order valence-corrected chi connectivity index (χ1v) is 10.8. The third-order valence-electron chi connectivity index (χ3n) is 5.38. The summed E-state index contributed by atoms with van der Waals surface area (Å²) in [5.41, 5.74) is 3.32. The van der Waals surface area contributed by atoms with Crippen LogP contribution in [0, 0.1) is 0 Å². The van der Waals surface area contributed by atoms with Gasteiger partial charge in [-0.25, -0.2) is 8.42 Å². The second kappa shape index (κ2) is 8.79. The zero-order valence-electron chi connectivity index (χ0n) is 16.6. The average Bonchev–Trinajstić information content (AvgIpc) is 3.19. The summed E-state index contributed by atoms with van der Waals surface area (Å²) in [4.78, 5) is 2.55. The number of nitrogens with zero attached hydrogens (tertiary/aromatic N) is 2. The first kappa shape index (κ1) is 21.7. The summed E-state index contributed by atoms with van der Waals surface area (Å²) >= 11 is 0. The fourth-order valence-electron chi connectivity index (χ4n) is 3.87. The second-order valence-corrected chi connectivity index (χ2v) is 8.88. The average molecular weight is 440 g/mol. The number of fused-ring (bicyclic) bond motifs is 1. The van der Waals surface area contributed by atoms with E-state index in [1.54, 1.807) is 12.1 Å². The van der Waals surface area contributed by atoms with E-state index >= 15 is 0 Å². The SMILES string of the molecule is COc1ccc(S(=O)(=O)N2Cc3cccc(N4CCNCC4)c3C2)cc1OC.Cl. The van der Waals surface area contributed by atoms with Crippen LogP contribution in [-0.2, 0) is 23.1 Å². The van der Waals surface area contributed by atoms with E-state index in [0.29, 0.717) is 24.6 Å². The molecule has 0 bridgehead atoms. The first-order chi connectivity index (χ1) is 13.5.